The molecule has 1 aromatic rings. The minimum absolute atomic E-state index is 0.0127. The quantitative estimate of drug-likeness (QED) is 0.669. The van der Waals surface area contributed by atoms with Gasteiger partial charge in [0.25, 0.3) is 0 Å². The third kappa shape index (κ3) is 6.16. The molecule has 0 spiro atoms. The van der Waals surface area contributed by atoms with Gasteiger partial charge >= 0.3 is 0 Å². The maximum Gasteiger partial charge on any atom is 0.243 e. The minimum atomic E-state index is -3.87. The molecule has 0 atom stereocenters. The lowest BCUT2D eigenvalue weighted by molar-refractivity contribution is -0.130. The van der Waals surface area contributed by atoms with Gasteiger partial charge in [0.1, 0.15) is 0 Å². The smallest absolute Gasteiger partial charge is 0.243 e. The van der Waals surface area contributed by atoms with Crippen LogP contribution in [0, 0.1) is 0 Å². The Morgan fingerprint density at radius 1 is 1.04 bits per heavy atom. The summed E-state index contributed by atoms with van der Waals surface area (Å²) in [6.45, 7) is 0.722. The van der Waals surface area contributed by atoms with Gasteiger partial charge < -0.3 is 15.5 Å². The van der Waals surface area contributed by atoms with Gasteiger partial charge in [-0.05, 0) is 24.3 Å². The number of anilines is 1. The highest BCUT2D eigenvalue weighted by atomic mass is 32.2. The van der Waals surface area contributed by atoms with Crippen molar-refractivity contribution in [3.8, 4) is 0 Å². The molecule has 1 aromatic carbocycles. The highest BCUT2D eigenvalue weighted by Crippen LogP contribution is 2.17. The fourth-order valence-electron chi connectivity index (χ4n) is 1.77. The molecule has 0 fully saturated rings. The van der Waals surface area contributed by atoms with Crippen molar-refractivity contribution >= 4 is 33.4 Å². The number of amides is 3. The lowest BCUT2D eigenvalue weighted by Gasteiger charge is -2.17. The van der Waals surface area contributed by atoms with E-state index in [0.717, 1.165) is 4.31 Å². The molecular formula is C15H22N4O5S. The molecule has 0 radical (unpaired) electrons. The monoisotopic (exact) mass is 370 g/mol. The third-order valence-electron chi connectivity index (χ3n) is 3.18. The summed E-state index contributed by atoms with van der Waals surface area (Å²) in [6, 6.07) is 5.59. The zero-order valence-electron chi connectivity index (χ0n) is 14.6. The zero-order valence-corrected chi connectivity index (χ0v) is 15.4. The van der Waals surface area contributed by atoms with Crippen LogP contribution >= 0.6 is 0 Å². The van der Waals surface area contributed by atoms with Crippen molar-refractivity contribution in [3.63, 3.8) is 0 Å². The van der Waals surface area contributed by atoms with Gasteiger partial charge in [-0.1, -0.05) is 0 Å². The van der Waals surface area contributed by atoms with E-state index in [1.807, 2.05) is 0 Å². The normalized spacial score (nSPS) is 11.1. The molecule has 1 rings (SSSR count). The zero-order chi connectivity index (χ0) is 19.2. The van der Waals surface area contributed by atoms with Crippen LogP contribution in [0.2, 0.25) is 0 Å². The number of sulfonamides is 1. The highest BCUT2D eigenvalue weighted by Gasteiger charge is 2.23. The molecule has 2 N–H and O–H groups in total. The molecule has 0 bridgehead atoms. The lowest BCUT2D eigenvalue weighted by Crippen LogP contribution is -2.42. The molecule has 138 valence electrons. The van der Waals surface area contributed by atoms with Crippen LogP contribution in [0.5, 0.6) is 0 Å². The molecule has 0 aromatic heterocycles. The maximum atomic E-state index is 12.4. The van der Waals surface area contributed by atoms with E-state index in [0.29, 0.717) is 5.69 Å². The number of likely N-dealkylation sites (N-methyl/N-ethyl adjacent to an activating group) is 2. The van der Waals surface area contributed by atoms with Crippen molar-refractivity contribution in [1.29, 1.82) is 0 Å². The van der Waals surface area contributed by atoms with Crippen molar-refractivity contribution in [2.75, 3.05) is 39.5 Å². The SMILES string of the molecule is CC(=O)Nc1ccc(S(=O)(=O)N(C)CC(=O)NCC(=O)N(C)C)cc1. The van der Waals surface area contributed by atoms with E-state index in [9.17, 15) is 22.8 Å². The maximum absolute atomic E-state index is 12.4. The van der Waals surface area contributed by atoms with Crippen LogP contribution in [0.25, 0.3) is 0 Å². The van der Waals surface area contributed by atoms with E-state index in [-0.39, 0.29) is 23.3 Å². The van der Waals surface area contributed by atoms with E-state index in [4.69, 9.17) is 0 Å². The van der Waals surface area contributed by atoms with Gasteiger partial charge in [0.05, 0.1) is 18.0 Å². The number of rotatable bonds is 7. The molecule has 0 aliphatic heterocycles. The molecule has 0 heterocycles. The summed E-state index contributed by atoms with van der Waals surface area (Å²) >= 11 is 0. The van der Waals surface area contributed by atoms with E-state index in [1.54, 1.807) is 14.1 Å². The van der Waals surface area contributed by atoms with Crippen molar-refractivity contribution in [2.45, 2.75) is 11.8 Å². The van der Waals surface area contributed by atoms with Gasteiger partial charge in [-0.25, -0.2) is 8.42 Å². The summed E-state index contributed by atoms with van der Waals surface area (Å²) in [5.74, 6) is -1.15. The Labute approximate surface area is 147 Å². The summed E-state index contributed by atoms with van der Waals surface area (Å²) in [6.07, 6.45) is 0. The Morgan fingerprint density at radius 2 is 1.60 bits per heavy atom. The Balaban J connectivity index is 2.72. The van der Waals surface area contributed by atoms with Crippen LogP contribution in [0.3, 0.4) is 0 Å². The van der Waals surface area contributed by atoms with Crippen LogP contribution in [0.1, 0.15) is 6.92 Å². The average Bonchev–Trinajstić information content (AvgIpc) is 2.52. The van der Waals surface area contributed by atoms with Crippen LogP contribution in [0.4, 0.5) is 5.69 Å². The van der Waals surface area contributed by atoms with E-state index in [2.05, 4.69) is 10.6 Å². The second-order valence-electron chi connectivity index (χ2n) is 5.53. The topological polar surface area (TPSA) is 116 Å². The highest BCUT2D eigenvalue weighted by molar-refractivity contribution is 7.89. The summed E-state index contributed by atoms with van der Waals surface area (Å²) in [5, 5.41) is 4.90. The molecule has 10 heteroatoms. The molecule has 0 unspecified atom stereocenters. The molecule has 0 saturated heterocycles. The van der Waals surface area contributed by atoms with Crippen molar-refractivity contribution in [2.24, 2.45) is 0 Å². The number of hydrogen-bond donors (Lipinski definition) is 2. The Morgan fingerprint density at radius 3 is 2.08 bits per heavy atom. The summed E-state index contributed by atoms with van der Waals surface area (Å²) < 4.78 is 25.7. The Hall–Kier alpha value is -2.46. The average molecular weight is 370 g/mol. The molecule has 25 heavy (non-hydrogen) atoms. The molecular weight excluding hydrogens is 348 g/mol. The number of carbonyl (C=O) groups is 3. The largest absolute Gasteiger partial charge is 0.347 e. The number of carbonyl (C=O) groups excluding carboxylic acids is 3. The fourth-order valence-corrected chi connectivity index (χ4v) is 2.90. The first-order chi connectivity index (χ1) is 11.5. The van der Waals surface area contributed by atoms with Crippen molar-refractivity contribution in [1.82, 2.24) is 14.5 Å². The number of hydrogen-bond acceptors (Lipinski definition) is 5. The first-order valence-electron chi connectivity index (χ1n) is 7.35. The van der Waals surface area contributed by atoms with Gasteiger partial charge in [-0.3, -0.25) is 14.4 Å². The fraction of sp³-hybridized carbons (Fsp3) is 0.400. The van der Waals surface area contributed by atoms with E-state index >= 15 is 0 Å². The standard InChI is InChI=1S/C15H22N4O5S/c1-11(20)17-12-5-7-13(8-6-12)25(23,24)19(4)10-14(21)16-9-15(22)18(2)3/h5-8H,9-10H2,1-4H3,(H,16,21)(H,17,20). The second kappa shape index (κ2) is 8.58. The van der Waals surface area contributed by atoms with Crippen molar-refractivity contribution in [3.05, 3.63) is 24.3 Å². The van der Waals surface area contributed by atoms with E-state index in [1.165, 1.54) is 43.1 Å². The van der Waals surface area contributed by atoms with Crippen LogP contribution < -0.4 is 10.6 Å². The molecule has 0 aliphatic carbocycles. The molecule has 9 nitrogen and oxygen atoms in total. The molecule has 0 saturated carbocycles. The summed E-state index contributed by atoms with van der Waals surface area (Å²) in [4.78, 5) is 35.5. The van der Waals surface area contributed by atoms with Gasteiger partial charge in [-0.15, -0.1) is 0 Å². The van der Waals surface area contributed by atoms with Gasteiger partial charge in [-0.2, -0.15) is 4.31 Å². The Bertz CT molecular complexity index is 744. The van der Waals surface area contributed by atoms with E-state index < -0.39 is 22.5 Å². The predicted octanol–water partition coefficient (Wildman–Crippen LogP) is -0.530. The first-order valence-corrected chi connectivity index (χ1v) is 8.79. The van der Waals surface area contributed by atoms with Gasteiger partial charge in [0.2, 0.25) is 27.7 Å². The van der Waals surface area contributed by atoms with Crippen molar-refractivity contribution < 1.29 is 22.8 Å². The first kappa shape index (κ1) is 20.6. The summed E-state index contributed by atoms with van der Waals surface area (Å²) in [7, 11) is 0.501. The van der Waals surface area contributed by atoms with Gasteiger partial charge in [0, 0.05) is 33.8 Å². The second-order valence-corrected chi connectivity index (χ2v) is 7.58. The molecule has 3 amide bonds. The third-order valence-corrected chi connectivity index (χ3v) is 5.00. The predicted molar refractivity (Wildman–Crippen MR) is 92.3 cm³/mol. The molecule has 0 aliphatic rings. The number of nitrogens with zero attached hydrogens (tertiary/aromatic N) is 2. The lowest BCUT2D eigenvalue weighted by atomic mass is 10.3. The number of benzene rings is 1. The minimum Gasteiger partial charge on any atom is -0.347 e. The van der Waals surface area contributed by atoms with Crippen LogP contribution in [-0.4, -0.2) is 69.6 Å². The number of nitrogens with one attached hydrogen (secondary N) is 2. The Kier molecular flexibility index (Phi) is 7.07. The van der Waals surface area contributed by atoms with Crippen LogP contribution in [-0.2, 0) is 24.4 Å². The summed E-state index contributed by atoms with van der Waals surface area (Å²) in [5.41, 5.74) is 0.467. The van der Waals surface area contributed by atoms with Gasteiger partial charge in [0.15, 0.2) is 0 Å². The van der Waals surface area contributed by atoms with Crippen LogP contribution in [0.15, 0.2) is 29.2 Å².